The van der Waals surface area contributed by atoms with E-state index in [4.69, 9.17) is 9.15 Å². The Labute approximate surface area is 158 Å². The fourth-order valence-electron chi connectivity index (χ4n) is 4.31. The van der Waals surface area contributed by atoms with E-state index < -0.39 is 0 Å². The number of methoxy groups -OCH3 is 1. The number of nitrogens with zero attached hydrogens (tertiary/aromatic N) is 2. The van der Waals surface area contributed by atoms with Gasteiger partial charge in [-0.15, -0.1) is 0 Å². The van der Waals surface area contributed by atoms with Gasteiger partial charge in [0, 0.05) is 23.4 Å². The zero-order valence-electron chi connectivity index (χ0n) is 15.8. The van der Waals surface area contributed by atoms with E-state index in [2.05, 4.69) is 66.1 Å². The topological polar surface area (TPSA) is 28.9 Å². The summed E-state index contributed by atoms with van der Waals surface area (Å²) in [6.07, 6.45) is 0.197. The summed E-state index contributed by atoms with van der Waals surface area (Å²) in [5.41, 5.74) is 5.25. The highest BCUT2D eigenvalue weighted by Crippen LogP contribution is 2.48. The van der Waals surface area contributed by atoms with E-state index in [0.29, 0.717) is 0 Å². The summed E-state index contributed by atoms with van der Waals surface area (Å²) in [5, 5.41) is 2.20. The minimum absolute atomic E-state index is 0.197. The molecule has 0 spiro atoms. The van der Waals surface area contributed by atoms with E-state index in [9.17, 15) is 0 Å². The molecule has 0 amide bonds. The SMILES string of the molecule is CCN1c2ccccc2N(c2cc3oc4ccccc4c3cc2OC)[C@H]1C. The average molecular weight is 358 g/mol. The predicted molar refractivity (Wildman–Crippen MR) is 111 cm³/mol. The van der Waals surface area contributed by atoms with E-state index >= 15 is 0 Å². The van der Waals surface area contributed by atoms with Crippen LogP contribution in [0.4, 0.5) is 17.1 Å². The van der Waals surface area contributed by atoms with Crippen molar-refractivity contribution in [3.8, 4) is 5.75 Å². The van der Waals surface area contributed by atoms with Crippen LogP contribution in [0.25, 0.3) is 21.9 Å². The minimum atomic E-state index is 0.197. The van der Waals surface area contributed by atoms with Gasteiger partial charge in [0.25, 0.3) is 0 Å². The third-order valence-corrected chi connectivity index (χ3v) is 5.55. The summed E-state index contributed by atoms with van der Waals surface area (Å²) in [6, 6.07) is 20.9. The fraction of sp³-hybridized carbons (Fsp3) is 0.217. The van der Waals surface area contributed by atoms with Crippen molar-refractivity contribution in [2.45, 2.75) is 20.0 Å². The summed E-state index contributed by atoms with van der Waals surface area (Å²) >= 11 is 0. The maximum Gasteiger partial charge on any atom is 0.143 e. The van der Waals surface area contributed by atoms with E-state index in [-0.39, 0.29) is 6.17 Å². The van der Waals surface area contributed by atoms with Gasteiger partial charge in [-0.3, -0.25) is 0 Å². The second-order valence-corrected chi connectivity index (χ2v) is 6.90. The molecule has 0 aliphatic carbocycles. The molecule has 0 saturated heterocycles. The Balaban J connectivity index is 1.76. The van der Waals surface area contributed by atoms with Crippen LogP contribution < -0.4 is 14.5 Å². The van der Waals surface area contributed by atoms with Gasteiger partial charge in [0.15, 0.2) is 0 Å². The first kappa shape index (κ1) is 16.1. The zero-order valence-corrected chi connectivity index (χ0v) is 15.8. The number of fused-ring (bicyclic) bond motifs is 4. The Morgan fingerprint density at radius 2 is 1.63 bits per heavy atom. The summed E-state index contributed by atoms with van der Waals surface area (Å²) in [6.45, 7) is 5.37. The molecule has 0 saturated carbocycles. The highest BCUT2D eigenvalue weighted by Gasteiger charge is 2.34. The predicted octanol–water partition coefficient (Wildman–Crippen LogP) is 5.92. The number of para-hydroxylation sites is 3. The summed E-state index contributed by atoms with van der Waals surface area (Å²) in [5.74, 6) is 0.855. The van der Waals surface area contributed by atoms with Gasteiger partial charge >= 0.3 is 0 Å². The normalized spacial score (nSPS) is 16.3. The molecule has 0 N–H and O–H groups in total. The average Bonchev–Trinajstić information content (AvgIpc) is 3.20. The van der Waals surface area contributed by atoms with Crippen LogP contribution in [0.5, 0.6) is 5.75 Å². The van der Waals surface area contributed by atoms with E-state index in [0.717, 1.165) is 39.9 Å². The van der Waals surface area contributed by atoms with Gasteiger partial charge in [0.05, 0.1) is 24.2 Å². The highest BCUT2D eigenvalue weighted by atomic mass is 16.5. The molecular weight excluding hydrogens is 336 g/mol. The van der Waals surface area contributed by atoms with Crippen LogP contribution in [-0.4, -0.2) is 19.8 Å². The van der Waals surface area contributed by atoms with Gasteiger partial charge < -0.3 is 19.0 Å². The summed E-state index contributed by atoms with van der Waals surface area (Å²) in [7, 11) is 1.73. The maximum absolute atomic E-state index is 6.13. The monoisotopic (exact) mass is 358 g/mol. The molecule has 0 fully saturated rings. The van der Waals surface area contributed by atoms with Crippen molar-refractivity contribution in [1.29, 1.82) is 0 Å². The van der Waals surface area contributed by atoms with Crippen LogP contribution >= 0.6 is 0 Å². The minimum Gasteiger partial charge on any atom is -0.495 e. The van der Waals surface area contributed by atoms with Gasteiger partial charge in [-0.05, 0) is 38.1 Å². The molecule has 27 heavy (non-hydrogen) atoms. The molecule has 4 aromatic rings. The van der Waals surface area contributed by atoms with Crippen molar-refractivity contribution in [3.05, 3.63) is 60.7 Å². The van der Waals surface area contributed by atoms with Gasteiger partial charge in [-0.25, -0.2) is 0 Å². The van der Waals surface area contributed by atoms with Crippen LogP contribution in [-0.2, 0) is 0 Å². The van der Waals surface area contributed by atoms with Gasteiger partial charge in [-0.2, -0.15) is 0 Å². The lowest BCUT2D eigenvalue weighted by Gasteiger charge is -2.30. The lowest BCUT2D eigenvalue weighted by atomic mass is 10.1. The number of rotatable bonds is 3. The molecule has 5 rings (SSSR count). The largest absolute Gasteiger partial charge is 0.495 e. The standard InChI is InChI=1S/C23H22N2O2/c1-4-24-15(2)25(19-11-7-6-10-18(19)24)20-14-22-17(13-23(20)26-3)16-9-5-8-12-21(16)27-22/h5-15H,4H2,1-3H3/t15-/m0/s1. The molecule has 1 aliphatic rings. The smallest absolute Gasteiger partial charge is 0.143 e. The van der Waals surface area contributed by atoms with Crippen LogP contribution in [0.2, 0.25) is 0 Å². The first-order valence-corrected chi connectivity index (χ1v) is 9.37. The van der Waals surface area contributed by atoms with E-state index in [1.54, 1.807) is 7.11 Å². The lowest BCUT2D eigenvalue weighted by Crippen LogP contribution is -2.38. The zero-order chi connectivity index (χ0) is 18.5. The second-order valence-electron chi connectivity index (χ2n) is 6.90. The van der Waals surface area contributed by atoms with Crippen molar-refractivity contribution in [2.24, 2.45) is 0 Å². The molecule has 0 bridgehead atoms. The second kappa shape index (κ2) is 5.95. The summed E-state index contributed by atoms with van der Waals surface area (Å²) < 4.78 is 11.9. The third kappa shape index (κ3) is 2.23. The number of ether oxygens (including phenoxy) is 1. The Morgan fingerprint density at radius 3 is 2.41 bits per heavy atom. The van der Waals surface area contributed by atoms with Crippen molar-refractivity contribution < 1.29 is 9.15 Å². The van der Waals surface area contributed by atoms with Gasteiger partial charge in [0.1, 0.15) is 23.1 Å². The number of hydrogen-bond donors (Lipinski definition) is 0. The summed E-state index contributed by atoms with van der Waals surface area (Å²) in [4.78, 5) is 4.74. The molecule has 1 aromatic heterocycles. The molecule has 1 aliphatic heterocycles. The molecule has 3 aromatic carbocycles. The lowest BCUT2D eigenvalue weighted by molar-refractivity contribution is 0.415. The van der Waals surface area contributed by atoms with E-state index in [1.165, 1.54) is 11.4 Å². The number of benzene rings is 3. The first-order valence-electron chi connectivity index (χ1n) is 9.37. The molecular formula is C23H22N2O2. The molecule has 1 atom stereocenters. The Bertz CT molecular complexity index is 1150. The van der Waals surface area contributed by atoms with Crippen molar-refractivity contribution >= 4 is 39.0 Å². The van der Waals surface area contributed by atoms with Crippen molar-refractivity contribution in [1.82, 2.24) is 0 Å². The highest BCUT2D eigenvalue weighted by molar-refractivity contribution is 6.07. The molecule has 0 radical (unpaired) electrons. The number of furan rings is 1. The fourth-order valence-corrected chi connectivity index (χ4v) is 4.31. The number of hydrogen-bond acceptors (Lipinski definition) is 4. The Morgan fingerprint density at radius 1 is 0.889 bits per heavy atom. The third-order valence-electron chi connectivity index (χ3n) is 5.55. The van der Waals surface area contributed by atoms with Crippen molar-refractivity contribution in [2.75, 3.05) is 23.5 Å². The van der Waals surface area contributed by atoms with Gasteiger partial charge in [-0.1, -0.05) is 30.3 Å². The molecule has 136 valence electrons. The molecule has 2 heterocycles. The van der Waals surface area contributed by atoms with E-state index in [1.807, 2.05) is 18.2 Å². The quantitative estimate of drug-likeness (QED) is 0.455. The maximum atomic E-state index is 6.13. The number of anilines is 3. The molecule has 4 nitrogen and oxygen atoms in total. The van der Waals surface area contributed by atoms with Crippen molar-refractivity contribution in [3.63, 3.8) is 0 Å². The Kier molecular flexibility index (Phi) is 3.54. The van der Waals surface area contributed by atoms with Crippen LogP contribution in [0.15, 0.2) is 65.1 Å². The molecule has 0 unspecified atom stereocenters. The van der Waals surface area contributed by atoms with Crippen LogP contribution in [0, 0.1) is 0 Å². The first-order chi connectivity index (χ1) is 13.2. The van der Waals surface area contributed by atoms with Gasteiger partial charge in [0.2, 0.25) is 0 Å². The van der Waals surface area contributed by atoms with Crippen LogP contribution in [0.3, 0.4) is 0 Å². The van der Waals surface area contributed by atoms with Crippen LogP contribution in [0.1, 0.15) is 13.8 Å². The Hall–Kier alpha value is -3.14. The molecule has 4 heteroatoms.